The van der Waals surface area contributed by atoms with Gasteiger partial charge in [-0.3, -0.25) is 10.1 Å². The summed E-state index contributed by atoms with van der Waals surface area (Å²) < 4.78 is 9.87. The van der Waals surface area contributed by atoms with Crippen molar-refractivity contribution in [3.63, 3.8) is 0 Å². The maximum Gasteiger partial charge on any atom is 0.410 e. The van der Waals surface area contributed by atoms with Crippen molar-refractivity contribution < 1.29 is 24.0 Å². The Bertz CT molecular complexity index is 621. The van der Waals surface area contributed by atoms with Crippen molar-refractivity contribution in [3.05, 3.63) is 39.4 Å². The fraction of sp³-hybridized carbons (Fsp3) is 0.467. The number of esters is 1. The first-order chi connectivity index (χ1) is 10.5. The van der Waals surface area contributed by atoms with Crippen LogP contribution in [-0.4, -0.2) is 41.6 Å². The topological polar surface area (TPSA) is 99.0 Å². The Kier molecular flexibility index (Phi) is 5.67. The van der Waals surface area contributed by atoms with E-state index in [0.29, 0.717) is 5.56 Å². The molecule has 8 nitrogen and oxygen atoms in total. The van der Waals surface area contributed by atoms with Crippen LogP contribution in [0.25, 0.3) is 0 Å². The highest BCUT2D eigenvalue weighted by molar-refractivity contribution is 5.91. The Morgan fingerprint density at radius 1 is 1.30 bits per heavy atom. The summed E-state index contributed by atoms with van der Waals surface area (Å²) in [4.78, 5) is 35.3. The number of nitro groups is 1. The molecule has 1 rings (SSSR count). The molecule has 0 aromatic heterocycles. The Hall–Kier alpha value is -2.64. The van der Waals surface area contributed by atoms with E-state index in [1.165, 1.54) is 37.3 Å². The van der Waals surface area contributed by atoms with Crippen molar-refractivity contribution in [1.29, 1.82) is 0 Å². The molecule has 0 saturated carbocycles. The van der Waals surface area contributed by atoms with Crippen LogP contribution in [0.4, 0.5) is 10.5 Å². The summed E-state index contributed by atoms with van der Waals surface area (Å²) in [6.07, 6.45) is -0.597. The standard InChI is InChI=1S/C15H20N2O6/c1-15(2,3)23-14(19)16(4)9-10-8-11(17(20)21)6-7-12(10)13(18)22-5/h6-8H,9H2,1-5H3. The van der Waals surface area contributed by atoms with E-state index in [-0.39, 0.29) is 17.8 Å². The number of methoxy groups -OCH3 is 1. The smallest absolute Gasteiger partial charge is 0.410 e. The van der Waals surface area contributed by atoms with Crippen molar-refractivity contribution in [2.45, 2.75) is 32.9 Å². The van der Waals surface area contributed by atoms with Gasteiger partial charge in [0.25, 0.3) is 5.69 Å². The van der Waals surface area contributed by atoms with E-state index in [2.05, 4.69) is 4.74 Å². The highest BCUT2D eigenvalue weighted by Crippen LogP contribution is 2.21. The Morgan fingerprint density at radius 3 is 2.39 bits per heavy atom. The quantitative estimate of drug-likeness (QED) is 0.480. The number of non-ortho nitro benzene ring substituents is 1. The zero-order valence-corrected chi connectivity index (χ0v) is 13.8. The monoisotopic (exact) mass is 324 g/mol. The van der Waals surface area contributed by atoms with Crippen LogP contribution in [-0.2, 0) is 16.0 Å². The molecule has 8 heteroatoms. The van der Waals surface area contributed by atoms with Crippen molar-refractivity contribution in [2.75, 3.05) is 14.2 Å². The number of carbonyl (C=O) groups is 2. The number of rotatable bonds is 4. The molecule has 126 valence electrons. The van der Waals surface area contributed by atoms with Gasteiger partial charge in [-0.05, 0) is 32.4 Å². The van der Waals surface area contributed by atoms with Gasteiger partial charge in [0.1, 0.15) is 5.60 Å². The molecule has 1 aromatic carbocycles. The maximum absolute atomic E-state index is 12.0. The van der Waals surface area contributed by atoms with Gasteiger partial charge in [0.2, 0.25) is 0 Å². The van der Waals surface area contributed by atoms with E-state index >= 15 is 0 Å². The van der Waals surface area contributed by atoms with Crippen molar-refractivity contribution in [2.24, 2.45) is 0 Å². The van der Waals surface area contributed by atoms with Gasteiger partial charge in [-0.15, -0.1) is 0 Å². The first-order valence-electron chi connectivity index (χ1n) is 6.85. The van der Waals surface area contributed by atoms with Crippen LogP contribution in [0.5, 0.6) is 0 Å². The van der Waals surface area contributed by atoms with E-state index in [4.69, 9.17) is 4.74 Å². The van der Waals surface area contributed by atoms with Crippen LogP contribution in [0.15, 0.2) is 18.2 Å². The molecular formula is C15H20N2O6. The molecule has 0 bridgehead atoms. The number of ether oxygens (including phenoxy) is 2. The highest BCUT2D eigenvalue weighted by Gasteiger charge is 2.23. The maximum atomic E-state index is 12.0. The number of amides is 1. The fourth-order valence-electron chi connectivity index (χ4n) is 1.79. The first-order valence-corrected chi connectivity index (χ1v) is 6.85. The number of nitro benzene ring substituents is 1. The second-order valence-electron chi connectivity index (χ2n) is 5.93. The summed E-state index contributed by atoms with van der Waals surface area (Å²) in [6, 6.07) is 3.76. The largest absolute Gasteiger partial charge is 0.465 e. The molecule has 1 aromatic rings. The molecular weight excluding hydrogens is 304 g/mol. The molecule has 0 aliphatic rings. The highest BCUT2D eigenvalue weighted by atomic mass is 16.6. The summed E-state index contributed by atoms with van der Waals surface area (Å²) in [5.74, 6) is -0.632. The average molecular weight is 324 g/mol. The normalized spacial score (nSPS) is 10.8. The lowest BCUT2D eigenvalue weighted by molar-refractivity contribution is -0.384. The first kappa shape index (κ1) is 18.4. The van der Waals surface area contributed by atoms with Gasteiger partial charge in [0, 0.05) is 25.7 Å². The van der Waals surface area contributed by atoms with Crippen molar-refractivity contribution >= 4 is 17.7 Å². The minimum absolute atomic E-state index is 0.0268. The molecule has 0 unspecified atom stereocenters. The third-order valence-corrected chi connectivity index (χ3v) is 2.82. The molecule has 0 aliphatic heterocycles. The molecule has 23 heavy (non-hydrogen) atoms. The molecule has 0 N–H and O–H groups in total. The van der Waals surface area contributed by atoms with Crippen LogP contribution in [0.3, 0.4) is 0 Å². The van der Waals surface area contributed by atoms with Crippen LogP contribution in [0, 0.1) is 10.1 Å². The fourth-order valence-corrected chi connectivity index (χ4v) is 1.79. The summed E-state index contributed by atoms with van der Waals surface area (Å²) in [6.45, 7) is 5.16. The number of hydrogen-bond donors (Lipinski definition) is 0. The van der Waals surface area contributed by atoms with Crippen molar-refractivity contribution in [3.8, 4) is 0 Å². The van der Waals surface area contributed by atoms with E-state index in [1.54, 1.807) is 20.8 Å². The van der Waals surface area contributed by atoms with E-state index in [1.807, 2.05) is 0 Å². The van der Waals surface area contributed by atoms with Crippen molar-refractivity contribution in [1.82, 2.24) is 4.90 Å². The Labute approximate surface area is 134 Å². The number of hydrogen-bond acceptors (Lipinski definition) is 6. The molecule has 0 fully saturated rings. The van der Waals surface area contributed by atoms with Gasteiger partial charge in [-0.25, -0.2) is 9.59 Å². The second kappa shape index (κ2) is 7.08. The summed E-state index contributed by atoms with van der Waals surface area (Å²) in [5, 5.41) is 10.9. The van der Waals surface area contributed by atoms with E-state index < -0.39 is 22.6 Å². The molecule has 0 spiro atoms. The van der Waals surface area contributed by atoms with Gasteiger partial charge in [-0.2, -0.15) is 0 Å². The van der Waals surface area contributed by atoms with Gasteiger partial charge in [-0.1, -0.05) is 0 Å². The molecule has 0 aliphatic carbocycles. The zero-order valence-electron chi connectivity index (χ0n) is 13.8. The van der Waals surface area contributed by atoms with Crippen LogP contribution in [0.1, 0.15) is 36.7 Å². The molecule has 0 atom stereocenters. The van der Waals surface area contributed by atoms with E-state index in [9.17, 15) is 19.7 Å². The zero-order chi connectivity index (χ0) is 17.8. The van der Waals surface area contributed by atoms with E-state index in [0.717, 1.165) is 0 Å². The SMILES string of the molecule is COC(=O)c1ccc([N+](=O)[O-])cc1CN(C)C(=O)OC(C)(C)C. The molecule has 0 radical (unpaired) electrons. The molecule has 1 amide bonds. The minimum Gasteiger partial charge on any atom is -0.465 e. The third-order valence-electron chi connectivity index (χ3n) is 2.82. The summed E-state index contributed by atoms with van der Waals surface area (Å²) >= 11 is 0. The lowest BCUT2D eigenvalue weighted by Gasteiger charge is -2.25. The molecule has 0 heterocycles. The van der Waals surface area contributed by atoms with Crippen LogP contribution in [0.2, 0.25) is 0 Å². The van der Waals surface area contributed by atoms with Gasteiger partial charge in [0.15, 0.2) is 0 Å². The Morgan fingerprint density at radius 2 is 1.91 bits per heavy atom. The Balaban J connectivity index is 3.09. The van der Waals surface area contributed by atoms with Crippen LogP contribution >= 0.6 is 0 Å². The predicted octanol–water partition coefficient (Wildman–Crippen LogP) is 2.75. The van der Waals surface area contributed by atoms with Crippen LogP contribution < -0.4 is 0 Å². The summed E-state index contributed by atoms with van der Waals surface area (Å²) in [7, 11) is 2.69. The minimum atomic E-state index is -0.667. The lowest BCUT2D eigenvalue weighted by atomic mass is 10.1. The predicted molar refractivity (Wildman–Crippen MR) is 82.1 cm³/mol. The lowest BCUT2D eigenvalue weighted by Crippen LogP contribution is -2.34. The van der Waals surface area contributed by atoms with Gasteiger partial charge in [0.05, 0.1) is 17.6 Å². The van der Waals surface area contributed by atoms with Gasteiger partial charge >= 0.3 is 12.1 Å². The molecule has 0 saturated heterocycles. The third kappa shape index (κ3) is 5.24. The second-order valence-corrected chi connectivity index (χ2v) is 5.93. The average Bonchev–Trinajstić information content (AvgIpc) is 2.44. The summed E-state index contributed by atoms with van der Waals surface area (Å²) in [5.41, 5.74) is -0.377. The number of benzene rings is 1. The number of nitrogens with zero attached hydrogens (tertiary/aromatic N) is 2. The van der Waals surface area contributed by atoms with Gasteiger partial charge < -0.3 is 14.4 Å². The number of carbonyl (C=O) groups excluding carboxylic acids is 2.